The molecule has 0 saturated heterocycles. The van der Waals surface area contributed by atoms with Gasteiger partial charge < -0.3 is 14.8 Å². The number of methoxy groups -OCH3 is 1. The number of nitrogens with one attached hydrogen (secondary N) is 1. The number of amides is 1. The predicted octanol–water partition coefficient (Wildman–Crippen LogP) is 4.14. The van der Waals surface area contributed by atoms with Crippen molar-refractivity contribution in [3.63, 3.8) is 0 Å². The average Bonchev–Trinajstić information content (AvgIpc) is 2.62. The fraction of sp³-hybridized carbons (Fsp3) is 0.333. The molecule has 0 fully saturated rings. The number of anilines is 1. The first-order valence-corrected chi connectivity index (χ1v) is 8.74. The molecule has 5 heteroatoms. The molecule has 0 aliphatic rings. The summed E-state index contributed by atoms with van der Waals surface area (Å²) in [6.07, 6.45) is 1.98. The molecule has 1 N–H and O–H groups in total. The second kappa shape index (κ2) is 9.61. The minimum Gasteiger partial charge on any atom is -0.496 e. The van der Waals surface area contributed by atoms with Gasteiger partial charge in [0.15, 0.2) is 0 Å². The van der Waals surface area contributed by atoms with E-state index in [1.165, 1.54) is 5.56 Å². The van der Waals surface area contributed by atoms with E-state index >= 15 is 0 Å². The lowest BCUT2D eigenvalue weighted by atomic mass is 10.0. The molecule has 0 aliphatic carbocycles. The molecule has 0 bridgehead atoms. The molecule has 1 amide bonds. The van der Waals surface area contributed by atoms with Gasteiger partial charge in [0.2, 0.25) is 5.91 Å². The van der Waals surface area contributed by atoms with E-state index in [0.717, 1.165) is 24.2 Å². The lowest BCUT2D eigenvalue weighted by Crippen LogP contribution is -2.12. The summed E-state index contributed by atoms with van der Waals surface area (Å²) in [5, 5.41) is 2.83. The summed E-state index contributed by atoms with van der Waals surface area (Å²) in [4.78, 5) is 23.9. The Labute approximate surface area is 154 Å². The summed E-state index contributed by atoms with van der Waals surface area (Å²) in [5.74, 6) is 0.405. The van der Waals surface area contributed by atoms with Gasteiger partial charge in [0.1, 0.15) is 5.75 Å². The number of esters is 1. The highest BCUT2D eigenvalue weighted by Gasteiger charge is 2.09. The fourth-order valence-corrected chi connectivity index (χ4v) is 2.71. The van der Waals surface area contributed by atoms with Gasteiger partial charge in [-0.25, -0.2) is 4.79 Å². The summed E-state index contributed by atoms with van der Waals surface area (Å²) < 4.78 is 10.2. The van der Waals surface area contributed by atoms with E-state index in [0.29, 0.717) is 24.3 Å². The number of hydrogen-bond donors (Lipinski definition) is 1. The summed E-state index contributed by atoms with van der Waals surface area (Å²) >= 11 is 0. The number of carbonyl (C=O) groups is 2. The minimum atomic E-state index is -0.390. The molecule has 0 spiro atoms. The second-order valence-electron chi connectivity index (χ2n) is 6.01. The Morgan fingerprint density at radius 2 is 1.92 bits per heavy atom. The van der Waals surface area contributed by atoms with Crippen LogP contribution in [-0.4, -0.2) is 25.6 Å². The molecule has 0 aromatic heterocycles. The van der Waals surface area contributed by atoms with E-state index in [1.807, 2.05) is 19.1 Å². The number of carbonyl (C=O) groups excluding carboxylic acids is 2. The van der Waals surface area contributed by atoms with Crippen LogP contribution in [0.1, 0.15) is 41.3 Å². The van der Waals surface area contributed by atoms with Crippen molar-refractivity contribution in [3.05, 3.63) is 59.2 Å². The lowest BCUT2D eigenvalue weighted by Gasteiger charge is -2.09. The van der Waals surface area contributed by atoms with Gasteiger partial charge >= 0.3 is 5.97 Å². The quantitative estimate of drug-likeness (QED) is 0.723. The molecule has 0 heterocycles. The highest BCUT2D eigenvalue weighted by Crippen LogP contribution is 2.19. The van der Waals surface area contributed by atoms with Crippen LogP contribution in [0.3, 0.4) is 0 Å². The zero-order valence-electron chi connectivity index (χ0n) is 15.5. The van der Waals surface area contributed by atoms with Crippen molar-refractivity contribution in [2.24, 2.45) is 0 Å². The first-order valence-electron chi connectivity index (χ1n) is 8.74. The largest absolute Gasteiger partial charge is 0.496 e. The molecule has 0 unspecified atom stereocenters. The molecule has 0 atom stereocenters. The lowest BCUT2D eigenvalue weighted by molar-refractivity contribution is -0.116. The maximum atomic E-state index is 12.1. The van der Waals surface area contributed by atoms with Crippen LogP contribution in [0.15, 0.2) is 42.5 Å². The average molecular weight is 355 g/mol. The van der Waals surface area contributed by atoms with Crippen molar-refractivity contribution in [2.45, 2.75) is 33.1 Å². The summed E-state index contributed by atoms with van der Waals surface area (Å²) in [5.41, 5.74) is 3.30. The number of hydrogen-bond acceptors (Lipinski definition) is 4. The van der Waals surface area contributed by atoms with E-state index in [2.05, 4.69) is 11.4 Å². The van der Waals surface area contributed by atoms with Crippen molar-refractivity contribution in [1.82, 2.24) is 0 Å². The SMILES string of the molecule is CCOC(=O)c1cccc(NC(=O)CCCc2ccc(OC)c(C)c2)c1. The third-order valence-corrected chi connectivity index (χ3v) is 3.99. The second-order valence-corrected chi connectivity index (χ2v) is 6.01. The third kappa shape index (κ3) is 5.62. The van der Waals surface area contributed by atoms with E-state index in [-0.39, 0.29) is 5.91 Å². The van der Waals surface area contributed by atoms with Crippen molar-refractivity contribution in [2.75, 3.05) is 19.0 Å². The maximum Gasteiger partial charge on any atom is 0.338 e. The number of aryl methyl sites for hydroxylation is 2. The summed E-state index contributed by atoms with van der Waals surface area (Å²) in [7, 11) is 1.66. The Bertz CT molecular complexity index is 770. The van der Waals surface area contributed by atoms with Gasteiger partial charge in [0.05, 0.1) is 19.3 Å². The minimum absolute atomic E-state index is 0.0729. The van der Waals surface area contributed by atoms with Crippen LogP contribution < -0.4 is 10.1 Å². The standard InChI is InChI=1S/C21H25NO4/c1-4-26-21(24)17-8-6-9-18(14-17)22-20(23)10-5-7-16-11-12-19(25-3)15(2)13-16/h6,8-9,11-14H,4-5,7,10H2,1-3H3,(H,22,23). The highest BCUT2D eigenvalue weighted by atomic mass is 16.5. The monoisotopic (exact) mass is 355 g/mol. The molecular formula is C21H25NO4. The Kier molecular flexibility index (Phi) is 7.21. The number of ether oxygens (including phenoxy) is 2. The summed E-state index contributed by atoms with van der Waals surface area (Å²) in [6, 6.07) is 12.8. The van der Waals surface area contributed by atoms with Gasteiger partial charge in [-0.3, -0.25) is 4.79 Å². The fourth-order valence-electron chi connectivity index (χ4n) is 2.71. The Morgan fingerprint density at radius 1 is 1.12 bits per heavy atom. The Hall–Kier alpha value is -2.82. The van der Waals surface area contributed by atoms with Gasteiger partial charge in [-0.2, -0.15) is 0 Å². The topological polar surface area (TPSA) is 64.6 Å². The zero-order valence-corrected chi connectivity index (χ0v) is 15.5. The number of benzene rings is 2. The van der Waals surface area contributed by atoms with Gasteiger partial charge in [-0.1, -0.05) is 18.2 Å². The van der Waals surface area contributed by atoms with Gasteiger partial charge in [0, 0.05) is 12.1 Å². The molecule has 0 saturated carbocycles. The maximum absolute atomic E-state index is 12.1. The van der Waals surface area contributed by atoms with E-state index < -0.39 is 5.97 Å². The first kappa shape index (κ1) is 19.5. The first-order chi connectivity index (χ1) is 12.5. The van der Waals surface area contributed by atoms with Crippen LogP contribution in [0.25, 0.3) is 0 Å². The third-order valence-electron chi connectivity index (χ3n) is 3.99. The predicted molar refractivity (Wildman–Crippen MR) is 102 cm³/mol. The molecule has 26 heavy (non-hydrogen) atoms. The highest BCUT2D eigenvalue weighted by molar-refractivity contribution is 5.94. The Balaban J connectivity index is 1.84. The van der Waals surface area contributed by atoms with Crippen LogP contribution >= 0.6 is 0 Å². The number of rotatable bonds is 8. The smallest absolute Gasteiger partial charge is 0.338 e. The van der Waals surface area contributed by atoms with Crippen molar-refractivity contribution >= 4 is 17.6 Å². The van der Waals surface area contributed by atoms with Crippen LogP contribution in [0.2, 0.25) is 0 Å². The summed E-state index contributed by atoms with van der Waals surface area (Å²) in [6.45, 7) is 4.08. The van der Waals surface area contributed by atoms with Crippen molar-refractivity contribution in [1.29, 1.82) is 0 Å². The van der Waals surface area contributed by atoms with E-state index in [1.54, 1.807) is 38.3 Å². The van der Waals surface area contributed by atoms with Crippen molar-refractivity contribution in [3.8, 4) is 5.75 Å². The molecular weight excluding hydrogens is 330 g/mol. The van der Waals surface area contributed by atoms with Crippen LogP contribution in [0.5, 0.6) is 5.75 Å². The van der Waals surface area contributed by atoms with Gasteiger partial charge in [-0.05, 0) is 62.1 Å². The molecule has 2 aromatic carbocycles. The van der Waals surface area contributed by atoms with Crippen LogP contribution in [0, 0.1) is 6.92 Å². The zero-order chi connectivity index (χ0) is 18.9. The molecule has 5 nitrogen and oxygen atoms in total. The van der Waals surface area contributed by atoms with Crippen LogP contribution in [0.4, 0.5) is 5.69 Å². The van der Waals surface area contributed by atoms with Gasteiger partial charge in [0.25, 0.3) is 0 Å². The van der Waals surface area contributed by atoms with E-state index in [4.69, 9.17) is 9.47 Å². The normalized spacial score (nSPS) is 10.3. The van der Waals surface area contributed by atoms with E-state index in [9.17, 15) is 9.59 Å². The molecule has 2 rings (SSSR count). The molecule has 0 aliphatic heterocycles. The molecule has 138 valence electrons. The molecule has 2 aromatic rings. The van der Waals surface area contributed by atoms with Crippen molar-refractivity contribution < 1.29 is 19.1 Å². The molecule has 0 radical (unpaired) electrons. The Morgan fingerprint density at radius 3 is 2.62 bits per heavy atom. The van der Waals surface area contributed by atoms with Crippen LogP contribution in [-0.2, 0) is 16.0 Å². The van der Waals surface area contributed by atoms with Gasteiger partial charge in [-0.15, -0.1) is 0 Å².